The van der Waals surface area contributed by atoms with Crippen LogP contribution >= 0.6 is 15.9 Å². The van der Waals surface area contributed by atoms with Gasteiger partial charge in [0.05, 0.1) is 5.56 Å². The molecular formula is C26H23BrN2O5. The Bertz CT molecular complexity index is 1240. The Hall–Kier alpha value is -3.26. The minimum absolute atomic E-state index is 0.159. The first-order chi connectivity index (χ1) is 16.3. The quantitative estimate of drug-likeness (QED) is 0.273. The highest BCUT2D eigenvalue weighted by atomic mass is 79.9. The molecule has 1 heterocycles. The van der Waals surface area contributed by atoms with Gasteiger partial charge in [-0.15, -0.1) is 0 Å². The highest BCUT2D eigenvalue weighted by molar-refractivity contribution is 9.10. The summed E-state index contributed by atoms with van der Waals surface area (Å²) >= 11 is 3.39. The van der Waals surface area contributed by atoms with Crippen molar-refractivity contribution in [2.75, 3.05) is 0 Å². The predicted molar refractivity (Wildman–Crippen MR) is 128 cm³/mol. The zero-order chi connectivity index (χ0) is 24.0. The monoisotopic (exact) mass is 522 g/mol. The molecule has 0 unspecified atom stereocenters. The van der Waals surface area contributed by atoms with Gasteiger partial charge in [-0.1, -0.05) is 40.0 Å². The molecule has 34 heavy (non-hydrogen) atoms. The maximum absolute atomic E-state index is 13.3. The molecule has 2 aliphatic carbocycles. The first-order valence-electron chi connectivity index (χ1n) is 11.3. The fourth-order valence-electron chi connectivity index (χ4n) is 5.23. The number of hydrogen-bond acceptors (Lipinski definition) is 5. The largest absolute Gasteiger partial charge is 0.422 e. The number of ether oxygens (including phenoxy) is 1. The van der Waals surface area contributed by atoms with Crippen molar-refractivity contribution in [1.82, 2.24) is 10.2 Å². The Morgan fingerprint density at radius 1 is 1.09 bits per heavy atom. The highest BCUT2D eigenvalue weighted by Crippen LogP contribution is 2.47. The van der Waals surface area contributed by atoms with Crippen LogP contribution in [0.15, 0.2) is 52.5 Å². The second-order valence-electron chi connectivity index (χ2n) is 9.17. The SMILES string of the molecule is Cc1ccc(C(=O)Oc2ccc(Br)cc2/C=C2/C(=O)NC(=O)N([C@@H]3C[C@H]4CC[C@H]3C4)C2=O)cc1. The van der Waals surface area contributed by atoms with E-state index in [0.717, 1.165) is 31.2 Å². The number of benzene rings is 2. The number of barbiturate groups is 1. The van der Waals surface area contributed by atoms with Gasteiger partial charge in [0.2, 0.25) is 0 Å². The van der Waals surface area contributed by atoms with E-state index in [9.17, 15) is 19.2 Å². The second kappa shape index (κ2) is 8.83. The lowest BCUT2D eigenvalue weighted by Crippen LogP contribution is -2.58. The molecular weight excluding hydrogens is 500 g/mol. The summed E-state index contributed by atoms with van der Waals surface area (Å²) in [4.78, 5) is 52.5. The minimum Gasteiger partial charge on any atom is -0.422 e. The van der Waals surface area contributed by atoms with Gasteiger partial charge >= 0.3 is 12.0 Å². The Morgan fingerprint density at radius 3 is 2.53 bits per heavy atom. The van der Waals surface area contributed by atoms with Crippen molar-refractivity contribution in [1.29, 1.82) is 0 Å². The molecule has 3 fully saturated rings. The molecule has 1 aliphatic heterocycles. The van der Waals surface area contributed by atoms with E-state index in [0.29, 0.717) is 21.5 Å². The Morgan fingerprint density at radius 2 is 1.85 bits per heavy atom. The number of halogens is 1. The van der Waals surface area contributed by atoms with Crippen LogP contribution < -0.4 is 10.1 Å². The molecule has 2 aromatic rings. The first-order valence-corrected chi connectivity index (χ1v) is 12.1. The third kappa shape index (κ3) is 4.18. The van der Waals surface area contributed by atoms with E-state index in [4.69, 9.17) is 4.74 Å². The lowest BCUT2D eigenvalue weighted by Gasteiger charge is -2.35. The Balaban J connectivity index is 1.45. The maximum Gasteiger partial charge on any atom is 0.343 e. The number of carbonyl (C=O) groups excluding carboxylic acids is 4. The second-order valence-corrected chi connectivity index (χ2v) is 10.1. The number of hydrogen-bond donors (Lipinski definition) is 1. The molecule has 0 aromatic heterocycles. The highest BCUT2D eigenvalue weighted by Gasteiger charge is 2.49. The van der Waals surface area contributed by atoms with Crippen LogP contribution in [0.3, 0.4) is 0 Å². The van der Waals surface area contributed by atoms with Gasteiger partial charge < -0.3 is 4.74 Å². The molecule has 0 radical (unpaired) electrons. The van der Waals surface area contributed by atoms with Gasteiger partial charge in [-0.05, 0) is 74.4 Å². The van der Waals surface area contributed by atoms with Crippen molar-refractivity contribution in [3.05, 3.63) is 69.2 Å². The van der Waals surface area contributed by atoms with Crippen molar-refractivity contribution < 1.29 is 23.9 Å². The molecule has 0 spiro atoms. The van der Waals surface area contributed by atoms with Crippen LogP contribution in [0.5, 0.6) is 5.75 Å². The van der Waals surface area contributed by atoms with Gasteiger partial charge in [0.1, 0.15) is 11.3 Å². The number of carbonyl (C=O) groups is 4. The fourth-order valence-corrected chi connectivity index (χ4v) is 5.61. The fraction of sp³-hybridized carbons (Fsp3) is 0.308. The predicted octanol–water partition coefficient (Wildman–Crippen LogP) is 4.63. The van der Waals surface area contributed by atoms with Crippen LogP contribution in [0.4, 0.5) is 4.79 Å². The third-order valence-corrected chi connectivity index (χ3v) is 7.42. The summed E-state index contributed by atoms with van der Waals surface area (Å²) in [6, 6.07) is 11.1. The summed E-state index contributed by atoms with van der Waals surface area (Å²) in [5.41, 5.74) is 1.61. The van der Waals surface area contributed by atoms with Crippen LogP contribution in [0.25, 0.3) is 6.08 Å². The number of nitrogens with zero attached hydrogens (tertiary/aromatic N) is 1. The van der Waals surface area contributed by atoms with Crippen LogP contribution in [0.2, 0.25) is 0 Å². The maximum atomic E-state index is 13.3. The van der Waals surface area contributed by atoms with Gasteiger partial charge in [-0.25, -0.2) is 9.59 Å². The van der Waals surface area contributed by atoms with E-state index in [1.165, 1.54) is 11.0 Å². The number of nitrogens with one attached hydrogen (secondary N) is 1. The van der Waals surface area contributed by atoms with Gasteiger partial charge in [0.25, 0.3) is 11.8 Å². The van der Waals surface area contributed by atoms with E-state index in [-0.39, 0.29) is 23.3 Å². The molecule has 5 rings (SSSR count). The van der Waals surface area contributed by atoms with Crippen LogP contribution in [0.1, 0.15) is 47.2 Å². The molecule has 4 amide bonds. The first kappa shape index (κ1) is 22.5. The number of fused-ring (bicyclic) bond motifs is 2. The molecule has 7 nitrogen and oxygen atoms in total. The molecule has 3 aliphatic rings. The van der Waals surface area contributed by atoms with Gasteiger partial charge in [0, 0.05) is 16.1 Å². The zero-order valence-electron chi connectivity index (χ0n) is 18.5. The standard InChI is InChI=1S/C26H23BrN2O5/c1-14-2-5-16(6-3-14)25(32)34-22-9-8-19(27)12-18(22)13-20-23(30)28-26(33)29(24(20)31)21-11-15-4-7-17(21)10-15/h2-3,5-6,8-9,12-13,15,17,21H,4,7,10-11H2,1H3,(H,28,30,33)/b20-13-/t15-,17-,21+/m0/s1. The van der Waals surface area contributed by atoms with Gasteiger partial charge in [0.15, 0.2) is 0 Å². The summed E-state index contributed by atoms with van der Waals surface area (Å²) in [5, 5.41) is 2.31. The van der Waals surface area contributed by atoms with Crippen molar-refractivity contribution in [3.63, 3.8) is 0 Å². The van der Waals surface area contributed by atoms with Crippen molar-refractivity contribution in [2.45, 2.75) is 38.6 Å². The average molecular weight is 523 g/mol. The molecule has 8 heteroatoms. The Labute approximate surface area is 205 Å². The van der Waals surface area contributed by atoms with E-state index in [1.807, 2.05) is 19.1 Å². The number of amides is 4. The number of imide groups is 2. The van der Waals surface area contributed by atoms with E-state index >= 15 is 0 Å². The van der Waals surface area contributed by atoms with Gasteiger partial charge in [-0.2, -0.15) is 0 Å². The molecule has 2 bridgehead atoms. The van der Waals surface area contributed by atoms with E-state index in [2.05, 4.69) is 21.2 Å². The zero-order valence-corrected chi connectivity index (χ0v) is 20.1. The summed E-state index contributed by atoms with van der Waals surface area (Å²) < 4.78 is 6.28. The molecule has 1 saturated heterocycles. The number of esters is 1. The minimum atomic E-state index is -0.759. The molecule has 1 N–H and O–H groups in total. The topological polar surface area (TPSA) is 92.8 Å². The third-order valence-electron chi connectivity index (χ3n) is 6.93. The Kier molecular flexibility index (Phi) is 5.85. The van der Waals surface area contributed by atoms with Crippen LogP contribution in [-0.4, -0.2) is 34.8 Å². The van der Waals surface area contributed by atoms with Crippen molar-refractivity contribution >= 4 is 45.8 Å². The number of urea groups is 1. The number of rotatable bonds is 4. The lowest BCUT2D eigenvalue weighted by atomic mass is 9.93. The molecule has 2 aromatic carbocycles. The van der Waals surface area contributed by atoms with E-state index < -0.39 is 23.8 Å². The summed E-state index contributed by atoms with van der Waals surface area (Å²) in [6.07, 6.45) is 5.29. The summed E-state index contributed by atoms with van der Waals surface area (Å²) in [7, 11) is 0. The van der Waals surface area contributed by atoms with Crippen molar-refractivity contribution in [3.8, 4) is 5.75 Å². The molecule has 174 valence electrons. The summed E-state index contributed by atoms with van der Waals surface area (Å²) in [5.74, 6) is -0.915. The van der Waals surface area contributed by atoms with Crippen LogP contribution in [-0.2, 0) is 9.59 Å². The number of aryl methyl sites for hydroxylation is 1. The van der Waals surface area contributed by atoms with Crippen LogP contribution in [0, 0.1) is 18.8 Å². The molecule has 2 saturated carbocycles. The molecule has 3 atom stereocenters. The smallest absolute Gasteiger partial charge is 0.343 e. The van der Waals surface area contributed by atoms with Crippen molar-refractivity contribution in [2.24, 2.45) is 11.8 Å². The van der Waals surface area contributed by atoms with Gasteiger partial charge in [-0.3, -0.25) is 19.8 Å². The normalized spacial score (nSPS) is 25.1. The summed E-state index contributed by atoms with van der Waals surface area (Å²) in [6.45, 7) is 1.92. The van der Waals surface area contributed by atoms with E-state index in [1.54, 1.807) is 30.3 Å². The lowest BCUT2D eigenvalue weighted by molar-refractivity contribution is -0.132. The average Bonchev–Trinajstić information content (AvgIpc) is 3.42.